The summed E-state index contributed by atoms with van der Waals surface area (Å²) in [6.07, 6.45) is 7.42. The van der Waals surface area contributed by atoms with Gasteiger partial charge in [0.2, 0.25) is 0 Å². The smallest absolute Gasteiger partial charge is 0.0655 e. The fraction of sp³-hybridized carbons (Fsp3) is 0.750. The van der Waals surface area contributed by atoms with Crippen LogP contribution in [0.5, 0.6) is 0 Å². The number of hydrogen-bond donors (Lipinski definition) is 0. The van der Waals surface area contributed by atoms with E-state index < -0.39 is 0 Å². The van der Waals surface area contributed by atoms with Crippen LogP contribution in [0.15, 0.2) is 17.3 Å². The third-order valence-corrected chi connectivity index (χ3v) is 4.34. The maximum Gasteiger partial charge on any atom is 0.0655 e. The van der Waals surface area contributed by atoms with Gasteiger partial charge in [-0.1, -0.05) is 26.0 Å². The van der Waals surface area contributed by atoms with E-state index in [0.717, 1.165) is 5.92 Å². The first-order valence-corrected chi connectivity index (χ1v) is 5.63. The second kappa shape index (κ2) is 2.41. The molecule has 2 bridgehead atoms. The summed E-state index contributed by atoms with van der Waals surface area (Å²) in [6.45, 7) is 6.86. The van der Waals surface area contributed by atoms with Gasteiger partial charge in [-0.3, -0.25) is 5.01 Å². The van der Waals surface area contributed by atoms with E-state index in [2.05, 4.69) is 37.9 Å². The number of nitrogens with zero attached hydrogens (tertiary/aromatic N) is 2. The van der Waals surface area contributed by atoms with Crippen LogP contribution in [0.2, 0.25) is 0 Å². The van der Waals surface area contributed by atoms with Crippen molar-refractivity contribution in [1.29, 1.82) is 0 Å². The topological polar surface area (TPSA) is 15.6 Å². The van der Waals surface area contributed by atoms with Crippen molar-refractivity contribution >= 4 is 5.71 Å². The molecule has 4 aliphatic rings. The van der Waals surface area contributed by atoms with Crippen LogP contribution in [-0.4, -0.2) is 22.8 Å². The summed E-state index contributed by atoms with van der Waals surface area (Å²) >= 11 is 0. The van der Waals surface area contributed by atoms with E-state index >= 15 is 0 Å². The zero-order valence-electron chi connectivity index (χ0n) is 9.20. The monoisotopic (exact) mass is 190 g/mol. The van der Waals surface area contributed by atoms with E-state index in [1.54, 1.807) is 0 Å². The normalized spacial score (nSPS) is 42.6. The van der Waals surface area contributed by atoms with E-state index in [1.165, 1.54) is 18.6 Å². The van der Waals surface area contributed by atoms with Gasteiger partial charge in [-0.2, -0.15) is 5.10 Å². The van der Waals surface area contributed by atoms with Crippen molar-refractivity contribution in [3.05, 3.63) is 12.2 Å². The van der Waals surface area contributed by atoms with Crippen molar-refractivity contribution in [2.45, 2.75) is 45.7 Å². The van der Waals surface area contributed by atoms with Gasteiger partial charge in [-0.05, 0) is 25.7 Å². The van der Waals surface area contributed by atoms with Gasteiger partial charge < -0.3 is 0 Å². The minimum absolute atomic E-state index is 0.272. The molecule has 14 heavy (non-hydrogen) atoms. The lowest BCUT2D eigenvalue weighted by Gasteiger charge is -2.47. The largest absolute Gasteiger partial charge is 0.286 e. The molecule has 3 unspecified atom stereocenters. The highest BCUT2D eigenvalue weighted by molar-refractivity contribution is 5.89. The summed E-state index contributed by atoms with van der Waals surface area (Å²) < 4.78 is 0. The van der Waals surface area contributed by atoms with Crippen LogP contribution < -0.4 is 0 Å². The maximum atomic E-state index is 4.74. The van der Waals surface area contributed by atoms with Crippen LogP contribution in [0.4, 0.5) is 0 Å². The summed E-state index contributed by atoms with van der Waals surface area (Å²) in [5, 5.41) is 7.11. The number of hydrogen-bond acceptors (Lipinski definition) is 2. The Morgan fingerprint density at radius 1 is 1.36 bits per heavy atom. The molecule has 0 saturated carbocycles. The number of hydrazone groups is 1. The predicted molar refractivity (Wildman–Crippen MR) is 58.2 cm³/mol. The Bertz CT molecular complexity index is 327. The quantitative estimate of drug-likeness (QED) is 0.536. The van der Waals surface area contributed by atoms with Crippen molar-refractivity contribution in [3.63, 3.8) is 0 Å². The summed E-state index contributed by atoms with van der Waals surface area (Å²) in [5.41, 5.74) is 1.58. The first kappa shape index (κ1) is 8.51. The Balaban J connectivity index is 2.06. The average molecular weight is 190 g/mol. The van der Waals surface area contributed by atoms with Gasteiger partial charge in [-0.25, -0.2) is 0 Å². The van der Waals surface area contributed by atoms with Crippen LogP contribution in [0.3, 0.4) is 0 Å². The molecule has 0 radical (unpaired) electrons. The molecule has 4 rings (SSSR count). The number of fused-ring (bicyclic) bond motifs is 1. The van der Waals surface area contributed by atoms with E-state index in [0.29, 0.717) is 12.1 Å². The van der Waals surface area contributed by atoms with Crippen molar-refractivity contribution in [1.82, 2.24) is 5.01 Å². The summed E-state index contributed by atoms with van der Waals surface area (Å²) in [7, 11) is 0. The van der Waals surface area contributed by atoms with Crippen molar-refractivity contribution < 1.29 is 0 Å². The van der Waals surface area contributed by atoms with Crippen LogP contribution in [-0.2, 0) is 0 Å². The fourth-order valence-electron chi connectivity index (χ4n) is 3.23. The maximum absolute atomic E-state index is 4.74. The Morgan fingerprint density at radius 2 is 2.14 bits per heavy atom. The van der Waals surface area contributed by atoms with Gasteiger partial charge in [0.15, 0.2) is 0 Å². The highest BCUT2D eigenvalue weighted by atomic mass is 15.5. The molecular formula is C12H18N2. The summed E-state index contributed by atoms with van der Waals surface area (Å²) in [4.78, 5) is 0. The van der Waals surface area contributed by atoms with Crippen LogP contribution in [0, 0.1) is 11.3 Å². The first-order chi connectivity index (χ1) is 6.60. The van der Waals surface area contributed by atoms with Crippen molar-refractivity contribution in [2.75, 3.05) is 0 Å². The molecule has 3 atom stereocenters. The van der Waals surface area contributed by atoms with E-state index in [-0.39, 0.29) is 5.41 Å². The lowest BCUT2D eigenvalue weighted by atomic mass is 9.69. The molecule has 76 valence electrons. The Labute approximate surface area is 85.7 Å². The molecule has 1 fully saturated rings. The highest BCUT2D eigenvalue weighted by Crippen LogP contribution is 2.47. The van der Waals surface area contributed by atoms with Crippen LogP contribution in [0.25, 0.3) is 0 Å². The molecule has 1 saturated heterocycles. The molecule has 1 aliphatic carbocycles. The highest BCUT2D eigenvalue weighted by Gasteiger charge is 2.51. The molecule has 0 N–H and O–H groups in total. The van der Waals surface area contributed by atoms with Crippen molar-refractivity contribution in [3.8, 4) is 0 Å². The van der Waals surface area contributed by atoms with Gasteiger partial charge in [0.25, 0.3) is 0 Å². The van der Waals surface area contributed by atoms with Gasteiger partial charge >= 0.3 is 0 Å². The first-order valence-electron chi connectivity index (χ1n) is 5.63. The molecular weight excluding hydrogens is 172 g/mol. The third-order valence-electron chi connectivity index (χ3n) is 4.34. The van der Waals surface area contributed by atoms with Crippen LogP contribution >= 0.6 is 0 Å². The van der Waals surface area contributed by atoms with Gasteiger partial charge in [0.05, 0.1) is 12.1 Å². The zero-order valence-corrected chi connectivity index (χ0v) is 9.20. The minimum Gasteiger partial charge on any atom is -0.286 e. The molecule has 0 spiro atoms. The lowest BCUT2D eigenvalue weighted by molar-refractivity contribution is 0.0424. The molecule has 0 amide bonds. The number of rotatable bonds is 0. The average Bonchev–Trinajstić information content (AvgIpc) is 2.42. The van der Waals surface area contributed by atoms with E-state index in [4.69, 9.17) is 5.10 Å². The van der Waals surface area contributed by atoms with Crippen LogP contribution in [0.1, 0.15) is 33.6 Å². The summed E-state index contributed by atoms with van der Waals surface area (Å²) in [6, 6.07) is 1.22. The van der Waals surface area contributed by atoms with Gasteiger partial charge in [0.1, 0.15) is 0 Å². The zero-order chi connectivity index (χ0) is 9.92. The van der Waals surface area contributed by atoms with Crippen molar-refractivity contribution in [2.24, 2.45) is 16.4 Å². The molecule has 0 aromatic rings. The van der Waals surface area contributed by atoms with Gasteiger partial charge in [-0.15, -0.1) is 0 Å². The number of piperidine rings is 1. The Hall–Kier alpha value is -0.790. The second-order valence-corrected chi connectivity index (χ2v) is 5.43. The molecule has 3 aliphatic heterocycles. The standard InChI is InChI=1S/C12H18N2/c1-8-12(2,3)11-9-4-6-10(7-5-9)14(11)13-8/h4,6,9-11H,5,7H2,1-3H3. The fourth-order valence-corrected chi connectivity index (χ4v) is 3.23. The lowest BCUT2D eigenvalue weighted by Crippen LogP contribution is -2.53. The van der Waals surface area contributed by atoms with Gasteiger partial charge in [0, 0.05) is 11.1 Å². The Morgan fingerprint density at radius 3 is 2.71 bits per heavy atom. The van der Waals surface area contributed by atoms with E-state index in [9.17, 15) is 0 Å². The third kappa shape index (κ3) is 0.844. The summed E-state index contributed by atoms with van der Waals surface area (Å²) in [5.74, 6) is 0.733. The molecule has 2 nitrogen and oxygen atoms in total. The Kier molecular flexibility index (Phi) is 1.47. The molecule has 2 heteroatoms. The SMILES string of the molecule is CC1=NN2C3C=CC(CC3)C2C1(C)C. The predicted octanol–water partition coefficient (Wildman–Crippen LogP) is 2.42. The van der Waals surface area contributed by atoms with E-state index in [1.807, 2.05) is 0 Å². The molecule has 0 aromatic heterocycles. The molecule has 3 heterocycles. The second-order valence-electron chi connectivity index (χ2n) is 5.43. The molecule has 0 aromatic carbocycles. The minimum atomic E-state index is 0.272.